The molecule has 1 aliphatic heterocycles. The van der Waals surface area contributed by atoms with Gasteiger partial charge in [-0.05, 0) is 50.7 Å². The van der Waals surface area contributed by atoms with Gasteiger partial charge in [-0.1, -0.05) is 18.2 Å². The van der Waals surface area contributed by atoms with Gasteiger partial charge in [-0.2, -0.15) is 0 Å². The van der Waals surface area contributed by atoms with Crippen LogP contribution in [0.1, 0.15) is 48.0 Å². The van der Waals surface area contributed by atoms with Crippen LogP contribution in [-0.4, -0.2) is 58.3 Å². The second-order valence-electron chi connectivity index (χ2n) is 7.63. The molecule has 0 unspecified atom stereocenters. The number of aryl methyl sites for hydroxylation is 1. The zero-order chi connectivity index (χ0) is 18.7. The van der Waals surface area contributed by atoms with E-state index in [9.17, 15) is 19.8 Å². The summed E-state index contributed by atoms with van der Waals surface area (Å²) in [7, 11) is 0. The minimum Gasteiger partial charge on any atom is -0.391 e. The molecule has 0 spiro atoms. The Morgan fingerprint density at radius 2 is 1.96 bits per heavy atom. The van der Waals surface area contributed by atoms with Gasteiger partial charge in [-0.15, -0.1) is 0 Å². The Kier molecular flexibility index (Phi) is 5.63. The Labute approximate surface area is 154 Å². The van der Waals surface area contributed by atoms with Crippen molar-refractivity contribution in [3.05, 3.63) is 35.4 Å². The number of likely N-dealkylation sites (tertiary alicyclic amines) is 1. The van der Waals surface area contributed by atoms with Crippen LogP contribution in [0, 0.1) is 12.8 Å². The number of amides is 2. The van der Waals surface area contributed by atoms with E-state index in [0.717, 1.165) is 18.4 Å². The Hall–Kier alpha value is -1.92. The molecule has 1 heterocycles. The topological polar surface area (TPSA) is 89.9 Å². The second kappa shape index (κ2) is 7.76. The van der Waals surface area contributed by atoms with Crippen molar-refractivity contribution in [2.24, 2.45) is 5.92 Å². The first-order valence-electron chi connectivity index (χ1n) is 9.44. The zero-order valence-electron chi connectivity index (χ0n) is 15.3. The maximum absolute atomic E-state index is 12.6. The van der Waals surface area contributed by atoms with Crippen LogP contribution in [0.5, 0.6) is 0 Å². The molecule has 2 fully saturated rings. The van der Waals surface area contributed by atoms with Gasteiger partial charge in [-0.25, -0.2) is 0 Å². The number of rotatable bonds is 4. The molecule has 142 valence electrons. The SMILES string of the molecule is Cc1ccccc1C(=O)NC[C@@H]1CCN(C(=O)C2(O)CCCC2)C[C@H]1O. The Morgan fingerprint density at radius 1 is 1.27 bits per heavy atom. The van der Waals surface area contributed by atoms with Crippen LogP contribution in [-0.2, 0) is 4.79 Å². The second-order valence-corrected chi connectivity index (χ2v) is 7.63. The van der Waals surface area contributed by atoms with Crippen LogP contribution in [0.3, 0.4) is 0 Å². The molecule has 26 heavy (non-hydrogen) atoms. The van der Waals surface area contributed by atoms with Gasteiger partial charge >= 0.3 is 0 Å². The van der Waals surface area contributed by atoms with Gasteiger partial charge in [0.2, 0.25) is 0 Å². The van der Waals surface area contributed by atoms with Crippen LogP contribution in [0.25, 0.3) is 0 Å². The Bertz CT molecular complexity index is 670. The molecular weight excluding hydrogens is 332 g/mol. The first kappa shape index (κ1) is 18.9. The molecule has 1 aromatic carbocycles. The number of β-amino-alcohol motifs (C(OH)–C–C–N with tert-alkyl or cyclic N) is 1. The van der Waals surface area contributed by atoms with E-state index < -0.39 is 11.7 Å². The standard InChI is InChI=1S/C20H28N2O4/c1-14-6-2-3-7-16(14)18(24)21-12-15-8-11-22(13-17(15)23)19(25)20(26)9-4-5-10-20/h2-3,6-7,15,17,23,26H,4-5,8-13H2,1H3,(H,21,24)/t15-,17+/m0/s1. The van der Waals surface area contributed by atoms with E-state index in [1.165, 1.54) is 0 Å². The van der Waals surface area contributed by atoms with Crippen LogP contribution >= 0.6 is 0 Å². The highest BCUT2D eigenvalue weighted by Gasteiger charge is 2.43. The van der Waals surface area contributed by atoms with Gasteiger partial charge < -0.3 is 20.4 Å². The lowest BCUT2D eigenvalue weighted by Crippen LogP contribution is -2.55. The van der Waals surface area contributed by atoms with Gasteiger partial charge in [0.05, 0.1) is 6.10 Å². The Balaban J connectivity index is 1.52. The molecule has 1 aromatic rings. The molecule has 1 aliphatic carbocycles. The largest absolute Gasteiger partial charge is 0.391 e. The first-order valence-corrected chi connectivity index (χ1v) is 9.44. The van der Waals surface area contributed by atoms with Gasteiger partial charge in [0.15, 0.2) is 0 Å². The van der Waals surface area contributed by atoms with Crippen molar-refractivity contribution >= 4 is 11.8 Å². The summed E-state index contributed by atoms with van der Waals surface area (Å²) in [6.45, 7) is 2.98. The number of carbonyl (C=O) groups is 2. The maximum atomic E-state index is 12.6. The average Bonchev–Trinajstić information content (AvgIpc) is 3.08. The first-order chi connectivity index (χ1) is 12.4. The molecule has 3 N–H and O–H groups in total. The van der Waals surface area contributed by atoms with E-state index in [1.54, 1.807) is 11.0 Å². The van der Waals surface area contributed by atoms with E-state index in [4.69, 9.17) is 0 Å². The minimum atomic E-state index is -1.24. The van der Waals surface area contributed by atoms with Gasteiger partial charge in [0.25, 0.3) is 11.8 Å². The molecule has 3 rings (SSSR count). The van der Waals surface area contributed by atoms with Crippen molar-refractivity contribution in [3.8, 4) is 0 Å². The number of aliphatic hydroxyl groups excluding tert-OH is 1. The van der Waals surface area contributed by atoms with Crippen LogP contribution in [0.4, 0.5) is 0 Å². The molecular formula is C20H28N2O4. The molecule has 0 bridgehead atoms. The fraction of sp³-hybridized carbons (Fsp3) is 0.600. The number of carbonyl (C=O) groups excluding carboxylic acids is 2. The van der Waals surface area contributed by atoms with Crippen molar-refractivity contribution in [3.63, 3.8) is 0 Å². The summed E-state index contributed by atoms with van der Waals surface area (Å²) < 4.78 is 0. The summed E-state index contributed by atoms with van der Waals surface area (Å²) in [5, 5.41) is 23.8. The quantitative estimate of drug-likeness (QED) is 0.754. The van der Waals surface area contributed by atoms with Gasteiger partial charge in [0, 0.05) is 31.1 Å². The third kappa shape index (κ3) is 3.91. The third-order valence-corrected chi connectivity index (χ3v) is 5.75. The minimum absolute atomic E-state index is 0.0924. The van der Waals surface area contributed by atoms with Crippen LogP contribution < -0.4 is 5.32 Å². The summed E-state index contributed by atoms with van der Waals surface area (Å²) in [5.74, 6) is -0.490. The average molecular weight is 360 g/mol. The molecule has 0 radical (unpaired) electrons. The fourth-order valence-corrected chi connectivity index (χ4v) is 4.02. The van der Waals surface area contributed by atoms with E-state index >= 15 is 0 Å². The molecule has 1 saturated heterocycles. The van der Waals surface area contributed by atoms with Crippen molar-refractivity contribution in [1.82, 2.24) is 10.2 Å². The number of nitrogens with zero attached hydrogens (tertiary/aromatic N) is 1. The highest BCUT2D eigenvalue weighted by atomic mass is 16.3. The summed E-state index contributed by atoms with van der Waals surface area (Å²) >= 11 is 0. The fourth-order valence-electron chi connectivity index (χ4n) is 4.02. The van der Waals surface area contributed by atoms with E-state index in [2.05, 4.69) is 5.32 Å². The van der Waals surface area contributed by atoms with Crippen molar-refractivity contribution in [2.75, 3.05) is 19.6 Å². The number of piperidine rings is 1. The molecule has 6 nitrogen and oxygen atoms in total. The summed E-state index contributed by atoms with van der Waals surface area (Å²) in [6.07, 6.45) is 2.66. The zero-order valence-corrected chi connectivity index (χ0v) is 15.3. The normalized spacial score (nSPS) is 25.1. The van der Waals surface area contributed by atoms with Crippen molar-refractivity contribution in [1.29, 1.82) is 0 Å². The van der Waals surface area contributed by atoms with E-state index in [-0.39, 0.29) is 24.3 Å². The Morgan fingerprint density at radius 3 is 2.62 bits per heavy atom. The summed E-state index contributed by atoms with van der Waals surface area (Å²) in [5.41, 5.74) is 0.305. The number of nitrogens with one attached hydrogen (secondary N) is 1. The number of aliphatic hydroxyl groups is 2. The molecule has 6 heteroatoms. The van der Waals surface area contributed by atoms with Gasteiger partial charge in [-0.3, -0.25) is 9.59 Å². The van der Waals surface area contributed by atoms with E-state index in [0.29, 0.717) is 37.9 Å². The van der Waals surface area contributed by atoms with Crippen molar-refractivity contribution in [2.45, 2.75) is 50.7 Å². The number of hydrogen-bond donors (Lipinski definition) is 3. The van der Waals surface area contributed by atoms with Crippen LogP contribution in [0.15, 0.2) is 24.3 Å². The van der Waals surface area contributed by atoms with E-state index in [1.807, 2.05) is 25.1 Å². The van der Waals surface area contributed by atoms with Crippen LogP contribution in [0.2, 0.25) is 0 Å². The number of hydrogen-bond acceptors (Lipinski definition) is 4. The summed E-state index contributed by atoms with van der Waals surface area (Å²) in [4.78, 5) is 26.5. The maximum Gasteiger partial charge on any atom is 0.254 e. The molecule has 2 amide bonds. The molecule has 0 aromatic heterocycles. The molecule has 2 aliphatic rings. The molecule has 1 saturated carbocycles. The van der Waals surface area contributed by atoms with Crippen molar-refractivity contribution < 1.29 is 19.8 Å². The number of benzene rings is 1. The predicted octanol–water partition coefficient (Wildman–Crippen LogP) is 1.24. The summed E-state index contributed by atoms with van der Waals surface area (Å²) in [6, 6.07) is 7.39. The predicted molar refractivity (Wildman–Crippen MR) is 97.6 cm³/mol. The third-order valence-electron chi connectivity index (χ3n) is 5.75. The smallest absolute Gasteiger partial charge is 0.254 e. The lowest BCUT2D eigenvalue weighted by Gasteiger charge is -2.39. The molecule has 2 atom stereocenters. The lowest BCUT2D eigenvalue weighted by molar-refractivity contribution is -0.155. The highest BCUT2D eigenvalue weighted by Crippen LogP contribution is 2.32. The highest BCUT2D eigenvalue weighted by molar-refractivity contribution is 5.95. The van der Waals surface area contributed by atoms with Gasteiger partial charge in [0.1, 0.15) is 5.60 Å². The monoisotopic (exact) mass is 360 g/mol. The lowest BCUT2D eigenvalue weighted by atomic mass is 9.91.